The summed E-state index contributed by atoms with van der Waals surface area (Å²) in [4.78, 5) is 14.0. The molecular formula is C19H19F6N3O2. The summed E-state index contributed by atoms with van der Waals surface area (Å²) >= 11 is 0. The molecule has 30 heavy (non-hydrogen) atoms. The summed E-state index contributed by atoms with van der Waals surface area (Å²) in [6.07, 6.45) is -4.63. The molecule has 3 rings (SSSR count). The zero-order valence-electron chi connectivity index (χ0n) is 15.6. The normalized spacial score (nSPS) is 13.1. The van der Waals surface area contributed by atoms with Crippen LogP contribution in [0.3, 0.4) is 0 Å². The number of amides is 2. The highest BCUT2D eigenvalue weighted by Gasteiger charge is 2.31. The number of rotatable bonds is 4. The van der Waals surface area contributed by atoms with Gasteiger partial charge >= 0.3 is 18.4 Å². The standard InChI is InChI=1S/C10H9F3.C9H10F3N3O2/c11-10(12,13)9-5-4-7-2-1-3-8(7)6-9;10-9(11,12)5-17-7-3-6(1-2-14-7)4-15-8(13)16/h4-6H,1-3H2;1-3H,4-5H2,(H3,13,15,16). The molecule has 0 bridgehead atoms. The lowest BCUT2D eigenvalue weighted by Gasteiger charge is -2.09. The van der Waals surface area contributed by atoms with Gasteiger partial charge in [-0.25, -0.2) is 9.78 Å². The van der Waals surface area contributed by atoms with E-state index in [1.165, 1.54) is 30.5 Å². The summed E-state index contributed by atoms with van der Waals surface area (Å²) in [6.45, 7) is -1.31. The Bertz CT molecular complexity index is 868. The van der Waals surface area contributed by atoms with E-state index in [0.29, 0.717) is 5.56 Å². The van der Waals surface area contributed by atoms with Crippen LogP contribution in [0.25, 0.3) is 0 Å². The quantitative estimate of drug-likeness (QED) is 0.700. The highest BCUT2D eigenvalue weighted by Crippen LogP contribution is 2.32. The number of hydrogen-bond acceptors (Lipinski definition) is 3. The van der Waals surface area contributed by atoms with E-state index < -0.39 is 30.6 Å². The van der Waals surface area contributed by atoms with E-state index in [1.54, 1.807) is 6.07 Å². The fourth-order valence-electron chi connectivity index (χ4n) is 2.73. The van der Waals surface area contributed by atoms with Gasteiger partial charge in [-0.05, 0) is 54.2 Å². The number of pyridine rings is 1. The lowest BCUT2D eigenvalue weighted by molar-refractivity contribution is -0.154. The van der Waals surface area contributed by atoms with Gasteiger partial charge in [0.15, 0.2) is 6.61 Å². The Hall–Kier alpha value is -2.98. The smallest absolute Gasteiger partial charge is 0.422 e. The van der Waals surface area contributed by atoms with Crippen LogP contribution in [0.2, 0.25) is 0 Å². The molecule has 0 saturated heterocycles. The number of carbonyl (C=O) groups excluding carboxylic acids is 1. The number of benzene rings is 1. The minimum Gasteiger partial charge on any atom is -0.468 e. The van der Waals surface area contributed by atoms with Crippen LogP contribution in [0.4, 0.5) is 31.1 Å². The molecule has 2 aromatic rings. The van der Waals surface area contributed by atoms with Gasteiger partial charge in [0, 0.05) is 18.8 Å². The summed E-state index contributed by atoms with van der Waals surface area (Å²) in [5, 5.41) is 2.29. The molecule has 2 amide bonds. The number of urea groups is 1. The van der Waals surface area contributed by atoms with Crippen molar-refractivity contribution in [2.45, 2.75) is 38.2 Å². The monoisotopic (exact) mass is 435 g/mol. The van der Waals surface area contributed by atoms with E-state index in [9.17, 15) is 31.1 Å². The zero-order valence-corrected chi connectivity index (χ0v) is 15.6. The zero-order chi connectivity index (χ0) is 22.4. The van der Waals surface area contributed by atoms with Gasteiger partial charge in [0.2, 0.25) is 5.88 Å². The third-order valence-electron chi connectivity index (χ3n) is 4.08. The lowest BCUT2D eigenvalue weighted by atomic mass is 10.1. The number of hydrogen-bond donors (Lipinski definition) is 2. The molecule has 0 unspecified atom stereocenters. The molecule has 1 aromatic heterocycles. The largest absolute Gasteiger partial charge is 0.468 e. The lowest BCUT2D eigenvalue weighted by Crippen LogP contribution is -2.28. The highest BCUT2D eigenvalue weighted by molar-refractivity contribution is 5.71. The first kappa shape index (κ1) is 23.3. The highest BCUT2D eigenvalue weighted by atomic mass is 19.4. The second kappa shape index (κ2) is 9.68. The summed E-state index contributed by atoms with van der Waals surface area (Å²) in [7, 11) is 0. The molecule has 1 heterocycles. The number of nitrogens with one attached hydrogen (secondary N) is 1. The van der Waals surface area contributed by atoms with Crippen molar-refractivity contribution in [1.29, 1.82) is 0 Å². The third kappa shape index (κ3) is 7.80. The van der Waals surface area contributed by atoms with Crippen LogP contribution >= 0.6 is 0 Å². The summed E-state index contributed by atoms with van der Waals surface area (Å²) in [5.74, 6) is -0.161. The van der Waals surface area contributed by atoms with Crippen LogP contribution in [-0.2, 0) is 25.6 Å². The Labute approximate surface area is 168 Å². The number of primary amides is 1. The summed E-state index contributed by atoms with van der Waals surface area (Å²) in [5.41, 5.74) is 6.81. The van der Waals surface area contributed by atoms with E-state index in [0.717, 1.165) is 30.4 Å². The molecule has 5 nitrogen and oxygen atoms in total. The first-order valence-electron chi connectivity index (χ1n) is 8.81. The van der Waals surface area contributed by atoms with Crippen LogP contribution < -0.4 is 15.8 Å². The molecule has 0 fully saturated rings. The minimum atomic E-state index is -4.41. The molecule has 164 valence electrons. The SMILES string of the molecule is FC(F)(F)c1ccc2c(c1)CCC2.NC(=O)NCc1ccnc(OCC(F)(F)F)c1. The third-order valence-corrected chi connectivity index (χ3v) is 4.08. The van der Waals surface area contributed by atoms with Crippen molar-refractivity contribution < 1.29 is 35.9 Å². The van der Waals surface area contributed by atoms with Crippen LogP contribution in [0, 0.1) is 0 Å². The van der Waals surface area contributed by atoms with Gasteiger partial charge in [-0.15, -0.1) is 0 Å². The van der Waals surface area contributed by atoms with Crippen molar-refractivity contribution in [3.63, 3.8) is 0 Å². The van der Waals surface area contributed by atoms with Crippen molar-refractivity contribution in [2.24, 2.45) is 5.73 Å². The molecule has 1 aromatic carbocycles. The Morgan fingerprint density at radius 1 is 1.07 bits per heavy atom. The molecule has 0 spiro atoms. The fraction of sp³-hybridized carbons (Fsp3) is 0.368. The number of fused-ring (bicyclic) bond motifs is 1. The van der Waals surface area contributed by atoms with Gasteiger partial charge in [-0.1, -0.05) is 6.07 Å². The van der Waals surface area contributed by atoms with Crippen molar-refractivity contribution in [3.05, 3.63) is 58.8 Å². The maximum atomic E-state index is 12.3. The first-order valence-corrected chi connectivity index (χ1v) is 8.81. The van der Waals surface area contributed by atoms with E-state index in [1.807, 2.05) is 0 Å². The Balaban J connectivity index is 0.000000220. The van der Waals surface area contributed by atoms with Crippen molar-refractivity contribution in [3.8, 4) is 5.88 Å². The number of ether oxygens (including phenoxy) is 1. The van der Waals surface area contributed by atoms with Gasteiger partial charge < -0.3 is 15.8 Å². The molecule has 1 aliphatic carbocycles. The Morgan fingerprint density at radius 3 is 2.40 bits per heavy atom. The van der Waals surface area contributed by atoms with Crippen LogP contribution in [0.1, 0.15) is 28.7 Å². The molecular weight excluding hydrogens is 416 g/mol. The van der Waals surface area contributed by atoms with Gasteiger partial charge in [0.25, 0.3) is 0 Å². The molecule has 0 saturated carbocycles. The number of halogens is 6. The summed E-state index contributed by atoms with van der Waals surface area (Å²) in [6, 6.07) is 6.15. The molecule has 1 aliphatic rings. The average Bonchev–Trinajstić information content (AvgIpc) is 3.12. The predicted molar refractivity (Wildman–Crippen MR) is 95.7 cm³/mol. The van der Waals surface area contributed by atoms with E-state index in [2.05, 4.69) is 15.0 Å². The van der Waals surface area contributed by atoms with E-state index in [4.69, 9.17) is 5.73 Å². The summed E-state index contributed by atoms with van der Waals surface area (Å²) < 4.78 is 76.8. The number of alkyl halides is 6. The van der Waals surface area contributed by atoms with Crippen molar-refractivity contribution >= 4 is 6.03 Å². The fourth-order valence-corrected chi connectivity index (χ4v) is 2.73. The van der Waals surface area contributed by atoms with Crippen molar-refractivity contribution in [2.75, 3.05) is 6.61 Å². The molecule has 11 heteroatoms. The first-order chi connectivity index (χ1) is 13.9. The maximum Gasteiger partial charge on any atom is 0.422 e. The predicted octanol–water partition coefficient (Wildman–Crippen LogP) is 4.39. The van der Waals surface area contributed by atoms with Gasteiger partial charge in [0.05, 0.1) is 5.56 Å². The van der Waals surface area contributed by atoms with E-state index in [-0.39, 0.29) is 12.4 Å². The second-order valence-electron chi connectivity index (χ2n) is 6.46. The number of aromatic nitrogens is 1. The molecule has 3 N–H and O–H groups in total. The molecule has 0 atom stereocenters. The van der Waals surface area contributed by atoms with Crippen LogP contribution in [0.5, 0.6) is 5.88 Å². The maximum absolute atomic E-state index is 12.3. The topological polar surface area (TPSA) is 77.2 Å². The van der Waals surface area contributed by atoms with Gasteiger partial charge in [-0.2, -0.15) is 26.3 Å². The number of carbonyl (C=O) groups is 1. The van der Waals surface area contributed by atoms with Crippen LogP contribution in [-0.4, -0.2) is 23.8 Å². The minimum absolute atomic E-state index is 0.0975. The Morgan fingerprint density at radius 2 is 1.77 bits per heavy atom. The number of nitrogens with two attached hydrogens (primary N) is 1. The number of aryl methyl sites for hydroxylation is 2. The van der Waals surface area contributed by atoms with Gasteiger partial charge in [0.1, 0.15) is 0 Å². The van der Waals surface area contributed by atoms with Gasteiger partial charge in [-0.3, -0.25) is 0 Å². The number of nitrogens with zero attached hydrogens (tertiary/aromatic N) is 1. The average molecular weight is 435 g/mol. The second-order valence-corrected chi connectivity index (χ2v) is 6.46. The Kier molecular flexibility index (Phi) is 7.52. The molecule has 0 aliphatic heterocycles. The molecule has 0 radical (unpaired) electrons. The van der Waals surface area contributed by atoms with Crippen molar-refractivity contribution in [1.82, 2.24) is 10.3 Å². The van der Waals surface area contributed by atoms with E-state index >= 15 is 0 Å². The van der Waals surface area contributed by atoms with Crippen LogP contribution in [0.15, 0.2) is 36.5 Å².